The van der Waals surface area contributed by atoms with E-state index in [0.29, 0.717) is 25.3 Å². The third-order valence-corrected chi connectivity index (χ3v) is 7.41. The highest BCUT2D eigenvalue weighted by Crippen LogP contribution is 2.42. The number of ether oxygens (including phenoxy) is 1. The Morgan fingerprint density at radius 1 is 1.03 bits per heavy atom. The Balaban J connectivity index is 1.48. The number of fused-ring (bicyclic) bond motifs is 3. The highest BCUT2D eigenvalue weighted by atomic mass is 32.1. The fraction of sp³-hybridized carbons (Fsp3) is 0.346. The van der Waals surface area contributed by atoms with Gasteiger partial charge in [0.1, 0.15) is 11.5 Å². The van der Waals surface area contributed by atoms with Crippen LogP contribution in [0.1, 0.15) is 32.1 Å². The van der Waals surface area contributed by atoms with Gasteiger partial charge in [0.2, 0.25) is 0 Å². The van der Waals surface area contributed by atoms with Gasteiger partial charge in [-0.1, -0.05) is 24.3 Å². The molecule has 2 amide bonds. The average Bonchev–Trinajstić information content (AvgIpc) is 3.01. The number of amides is 2. The van der Waals surface area contributed by atoms with Gasteiger partial charge in [0, 0.05) is 50.8 Å². The Bertz CT molecular complexity index is 1210. The molecule has 4 heterocycles. The molecule has 1 fully saturated rings. The van der Waals surface area contributed by atoms with Crippen LogP contribution in [-0.2, 0) is 11.2 Å². The second-order valence-corrected chi connectivity index (χ2v) is 9.77. The number of rotatable bonds is 3. The zero-order chi connectivity index (χ0) is 23.7. The molecule has 34 heavy (non-hydrogen) atoms. The Kier molecular flexibility index (Phi) is 6.34. The summed E-state index contributed by atoms with van der Waals surface area (Å²) in [6, 6.07) is 15.6. The summed E-state index contributed by atoms with van der Waals surface area (Å²) in [7, 11) is 3.53. The quantitative estimate of drug-likeness (QED) is 0.573. The number of hydrogen-bond acceptors (Lipinski definition) is 6. The van der Waals surface area contributed by atoms with E-state index >= 15 is 0 Å². The van der Waals surface area contributed by atoms with Crippen LogP contribution in [0.4, 0.5) is 11.5 Å². The van der Waals surface area contributed by atoms with Crippen LogP contribution in [-0.4, -0.2) is 68.6 Å². The van der Waals surface area contributed by atoms with Gasteiger partial charge in [-0.15, -0.1) is 11.3 Å². The number of aromatic nitrogens is 1. The first kappa shape index (κ1) is 22.6. The normalized spacial score (nSPS) is 15.7. The molecule has 8 heteroatoms. The summed E-state index contributed by atoms with van der Waals surface area (Å²) >= 11 is 1.50. The highest BCUT2D eigenvalue weighted by Gasteiger charge is 2.28. The van der Waals surface area contributed by atoms with Crippen LogP contribution in [0, 0.1) is 0 Å². The van der Waals surface area contributed by atoms with E-state index in [4.69, 9.17) is 9.72 Å². The van der Waals surface area contributed by atoms with E-state index in [1.165, 1.54) is 11.3 Å². The summed E-state index contributed by atoms with van der Waals surface area (Å²) in [4.78, 5) is 38.4. The van der Waals surface area contributed by atoms with Gasteiger partial charge in [-0.25, -0.2) is 4.98 Å². The Hall–Kier alpha value is -3.23. The van der Waals surface area contributed by atoms with E-state index in [-0.39, 0.29) is 11.8 Å². The molecule has 1 aromatic carbocycles. The molecule has 176 valence electrons. The molecule has 0 N–H and O–H groups in total. The lowest BCUT2D eigenvalue weighted by Crippen LogP contribution is -2.34. The van der Waals surface area contributed by atoms with Crippen molar-refractivity contribution in [3.8, 4) is 10.4 Å². The van der Waals surface area contributed by atoms with Crippen molar-refractivity contribution < 1.29 is 14.3 Å². The van der Waals surface area contributed by atoms with Crippen LogP contribution in [0.2, 0.25) is 0 Å². The van der Waals surface area contributed by atoms with Crippen LogP contribution < -0.4 is 9.80 Å². The first-order valence-corrected chi connectivity index (χ1v) is 12.4. The maximum Gasteiger partial charge on any atom is 0.276 e. The third-order valence-electron chi connectivity index (χ3n) is 6.22. The first-order valence-electron chi connectivity index (χ1n) is 11.6. The van der Waals surface area contributed by atoms with E-state index in [1.54, 1.807) is 25.1 Å². The molecule has 0 saturated carbocycles. The number of nitrogens with zero attached hydrogens (tertiary/aromatic N) is 4. The fourth-order valence-corrected chi connectivity index (χ4v) is 5.73. The average molecular weight is 477 g/mol. The van der Waals surface area contributed by atoms with Gasteiger partial charge in [0.15, 0.2) is 0 Å². The molecule has 7 nitrogen and oxygen atoms in total. The van der Waals surface area contributed by atoms with Crippen molar-refractivity contribution in [2.75, 3.05) is 56.7 Å². The summed E-state index contributed by atoms with van der Waals surface area (Å²) in [6.45, 7) is 3.58. The molecule has 2 aromatic heterocycles. The van der Waals surface area contributed by atoms with Gasteiger partial charge in [-0.05, 0) is 42.7 Å². The SMILES string of the molecule is CN(C)C(=O)c1cc2c(s1)-c1ccccc1N(C(=O)c1cccc(N3CCCOCC3)n1)CC2. The molecule has 0 bridgehead atoms. The topological polar surface area (TPSA) is 66.0 Å². The maximum atomic E-state index is 13.7. The largest absolute Gasteiger partial charge is 0.380 e. The Morgan fingerprint density at radius 3 is 2.74 bits per heavy atom. The predicted molar refractivity (Wildman–Crippen MR) is 135 cm³/mol. The standard InChI is InChI=1S/C26H28N4O3S/c1-28(2)26(32)22-17-18-11-13-30(21-9-4-3-7-19(21)24(18)34-22)25(31)20-8-5-10-23(27-20)29-12-6-15-33-16-14-29/h3-5,7-10,17H,6,11-16H2,1-2H3. The molecule has 0 unspecified atom stereocenters. The van der Waals surface area contributed by atoms with E-state index in [1.807, 2.05) is 47.4 Å². The molecule has 3 aromatic rings. The second kappa shape index (κ2) is 9.56. The molecular formula is C26H28N4O3S. The van der Waals surface area contributed by atoms with Gasteiger partial charge < -0.3 is 19.4 Å². The van der Waals surface area contributed by atoms with Crippen molar-refractivity contribution in [1.29, 1.82) is 0 Å². The van der Waals surface area contributed by atoms with E-state index in [9.17, 15) is 9.59 Å². The zero-order valence-electron chi connectivity index (χ0n) is 19.5. The van der Waals surface area contributed by atoms with E-state index in [0.717, 1.165) is 58.5 Å². The summed E-state index contributed by atoms with van der Waals surface area (Å²) in [5.74, 6) is 0.703. The van der Waals surface area contributed by atoms with E-state index < -0.39 is 0 Å². The van der Waals surface area contributed by atoms with Gasteiger partial charge in [-0.2, -0.15) is 0 Å². The highest BCUT2D eigenvalue weighted by molar-refractivity contribution is 7.17. The molecule has 0 spiro atoms. The van der Waals surface area contributed by atoms with Crippen LogP contribution in [0.15, 0.2) is 48.5 Å². The summed E-state index contributed by atoms with van der Waals surface area (Å²) in [5.41, 5.74) is 3.37. The van der Waals surface area contributed by atoms with Gasteiger partial charge in [0.25, 0.3) is 11.8 Å². The smallest absolute Gasteiger partial charge is 0.276 e. The second-order valence-electron chi connectivity index (χ2n) is 8.72. The number of carbonyl (C=O) groups is 2. The zero-order valence-corrected chi connectivity index (χ0v) is 20.3. The first-order chi connectivity index (χ1) is 16.5. The molecule has 0 radical (unpaired) electrons. The Morgan fingerprint density at radius 2 is 1.88 bits per heavy atom. The minimum absolute atomic E-state index is 0.00316. The van der Waals surface area contributed by atoms with Crippen LogP contribution in [0.3, 0.4) is 0 Å². The molecule has 5 rings (SSSR count). The lowest BCUT2D eigenvalue weighted by Gasteiger charge is -2.24. The van der Waals surface area contributed by atoms with Crippen LogP contribution in [0.25, 0.3) is 10.4 Å². The lowest BCUT2D eigenvalue weighted by atomic mass is 10.1. The number of benzene rings is 1. The Labute approximate surface area is 203 Å². The molecular weight excluding hydrogens is 448 g/mol. The van der Waals surface area contributed by atoms with Crippen LogP contribution in [0.5, 0.6) is 0 Å². The molecule has 2 aliphatic rings. The number of thiophene rings is 1. The minimum Gasteiger partial charge on any atom is -0.380 e. The number of para-hydroxylation sites is 1. The number of hydrogen-bond donors (Lipinski definition) is 0. The lowest BCUT2D eigenvalue weighted by molar-refractivity contribution is 0.0831. The monoisotopic (exact) mass is 476 g/mol. The van der Waals surface area contributed by atoms with Crippen molar-refractivity contribution in [3.63, 3.8) is 0 Å². The van der Waals surface area contributed by atoms with Crippen molar-refractivity contribution in [2.24, 2.45) is 0 Å². The number of pyridine rings is 1. The predicted octanol–water partition coefficient (Wildman–Crippen LogP) is 3.94. The maximum absolute atomic E-state index is 13.7. The van der Waals surface area contributed by atoms with Crippen molar-refractivity contribution >= 4 is 34.7 Å². The van der Waals surface area contributed by atoms with Crippen molar-refractivity contribution in [2.45, 2.75) is 12.8 Å². The molecule has 2 aliphatic heterocycles. The molecule has 0 aliphatic carbocycles. The summed E-state index contributed by atoms with van der Waals surface area (Å²) in [6.07, 6.45) is 1.62. The van der Waals surface area contributed by atoms with Crippen molar-refractivity contribution in [1.82, 2.24) is 9.88 Å². The van der Waals surface area contributed by atoms with E-state index in [2.05, 4.69) is 4.90 Å². The van der Waals surface area contributed by atoms with Crippen molar-refractivity contribution in [3.05, 3.63) is 64.7 Å². The fourth-order valence-electron chi connectivity index (χ4n) is 4.46. The number of anilines is 2. The van der Waals surface area contributed by atoms with Gasteiger partial charge in [-0.3, -0.25) is 9.59 Å². The summed E-state index contributed by atoms with van der Waals surface area (Å²) in [5, 5.41) is 0. The number of carbonyl (C=O) groups excluding carboxylic acids is 2. The molecule has 1 saturated heterocycles. The summed E-state index contributed by atoms with van der Waals surface area (Å²) < 4.78 is 5.56. The van der Waals surface area contributed by atoms with Gasteiger partial charge in [0.05, 0.1) is 17.2 Å². The third kappa shape index (κ3) is 4.31. The van der Waals surface area contributed by atoms with Gasteiger partial charge >= 0.3 is 0 Å². The van der Waals surface area contributed by atoms with Crippen LogP contribution >= 0.6 is 11.3 Å². The minimum atomic E-state index is -0.111. The molecule has 0 atom stereocenters.